The highest BCUT2D eigenvalue weighted by molar-refractivity contribution is 5.99. The van der Waals surface area contributed by atoms with Gasteiger partial charge in [0.1, 0.15) is 6.54 Å². The number of rotatable bonds is 14. The van der Waals surface area contributed by atoms with E-state index in [1.165, 1.54) is 38.5 Å². The number of hydrogen-bond donors (Lipinski definition) is 2. The topological polar surface area (TPSA) is 61.4 Å². The first-order valence-electron chi connectivity index (χ1n) is 14.2. The summed E-state index contributed by atoms with van der Waals surface area (Å²) < 4.78 is 0. The molecule has 0 heterocycles. The van der Waals surface area contributed by atoms with E-state index < -0.39 is 5.54 Å². The molecule has 0 saturated heterocycles. The Kier molecular flexibility index (Phi) is 11.2. The number of carbonyl (C=O) groups is 2. The summed E-state index contributed by atoms with van der Waals surface area (Å²) in [5.41, 5.74) is 1.88. The van der Waals surface area contributed by atoms with Crippen LogP contribution >= 0.6 is 0 Å². The van der Waals surface area contributed by atoms with Gasteiger partial charge in [0.2, 0.25) is 5.91 Å². The maximum absolute atomic E-state index is 13.6. The fourth-order valence-electron chi connectivity index (χ4n) is 4.68. The normalized spacial score (nSPS) is 11.4. The number of nitrogens with zero attached hydrogens (tertiary/aromatic N) is 1. The summed E-state index contributed by atoms with van der Waals surface area (Å²) in [7, 11) is 0. The third-order valence-corrected chi connectivity index (χ3v) is 6.89. The van der Waals surface area contributed by atoms with Crippen LogP contribution in [-0.2, 0) is 4.79 Å². The van der Waals surface area contributed by atoms with Crippen LogP contribution in [-0.4, -0.2) is 35.3 Å². The van der Waals surface area contributed by atoms with Gasteiger partial charge in [-0.2, -0.15) is 0 Å². The second-order valence-electron chi connectivity index (χ2n) is 11.1. The standard InChI is InChI=1S/C33H45N3O2/c1-5-6-7-8-9-10-11-14-23-34-31(37)25-36(33(2,3)4)32(38)27-19-15-20-28(24-27)35-30-22-16-18-26-17-12-13-21-29(26)30/h12-13,15-22,24,35H,5-11,14,23,25H2,1-4H3,(H,34,37). The lowest BCUT2D eigenvalue weighted by Crippen LogP contribution is -2.50. The minimum atomic E-state index is -0.494. The Morgan fingerprint density at radius 3 is 2.18 bits per heavy atom. The predicted molar refractivity (Wildman–Crippen MR) is 160 cm³/mol. The molecular weight excluding hydrogens is 470 g/mol. The predicted octanol–water partition coefficient (Wildman–Crippen LogP) is 8.08. The van der Waals surface area contributed by atoms with Crippen LogP contribution in [0.25, 0.3) is 10.8 Å². The van der Waals surface area contributed by atoms with Crippen molar-refractivity contribution in [2.24, 2.45) is 0 Å². The molecule has 0 saturated carbocycles. The molecule has 0 bridgehead atoms. The number of carbonyl (C=O) groups excluding carboxylic acids is 2. The van der Waals surface area contributed by atoms with Crippen molar-refractivity contribution in [3.8, 4) is 0 Å². The maximum atomic E-state index is 13.6. The molecule has 5 nitrogen and oxygen atoms in total. The van der Waals surface area contributed by atoms with E-state index in [0.29, 0.717) is 12.1 Å². The minimum Gasteiger partial charge on any atom is -0.355 e. The Balaban J connectivity index is 1.58. The molecule has 3 aromatic carbocycles. The van der Waals surface area contributed by atoms with Gasteiger partial charge >= 0.3 is 0 Å². The molecule has 3 rings (SSSR count). The highest BCUT2D eigenvalue weighted by Crippen LogP contribution is 2.27. The molecule has 0 aliphatic carbocycles. The van der Waals surface area contributed by atoms with Gasteiger partial charge in [0.25, 0.3) is 5.91 Å². The Morgan fingerprint density at radius 2 is 1.45 bits per heavy atom. The Labute approximate surface area is 229 Å². The van der Waals surface area contributed by atoms with Gasteiger partial charge in [-0.05, 0) is 56.8 Å². The van der Waals surface area contributed by atoms with Crippen molar-refractivity contribution in [2.45, 2.75) is 84.6 Å². The van der Waals surface area contributed by atoms with Crippen molar-refractivity contribution in [1.82, 2.24) is 10.2 Å². The first-order chi connectivity index (χ1) is 18.3. The highest BCUT2D eigenvalue weighted by atomic mass is 16.2. The van der Waals surface area contributed by atoms with Crippen molar-refractivity contribution in [3.63, 3.8) is 0 Å². The lowest BCUT2D eigenvalue weighted by molar-refractivity contribution is -0.122. The van der Waals surface area contributed by atoms with Crippen molar-refractivity contribution >= 4 is 34.0 Å². The molecule has 0 radical (unpaired) electrons. The summed E-state index contributed by atoms with van der Waals surface area (Å²) in [5.74, 6) is -0.262. The van der Waals surface area contributed by atoms with Crippen LogP contribution in [0.5, 0.6) is 0 Å². The number of anilines is 2. The van der Waals surface area contributed by atoms with E-state index in [1.807, 2.05) is 69.3 Å². The van der Waals surface area contributed by atoms with Crippen LogP contribution in [0, 0.1) is 0 Å². The van der Waals surface area contributed by atoms with Gasteiger partial charge in [0, 0.05) is 34.4 Å². The van der Waals surface area contributed by atoms with Crippen molar-refractivity contribution < 1.29 is 9.59 Å². The molecule has 0 atom stereocenters. The third-order valence-electron chi connectivity index (χ3n) is 6.89. The molecular formula is C33H45N3O2. The van der Waals surface area contributed by atoms with Crippen molar-refractivity contribution in [2.75, 3.05) is 18.4 Å². The van der Waals surface area contributed by atoms with Gasteiger partial charge in [0.05, 0.1) is 0 Å². The Hall–Kier alpha value is -3.34. The number of nitrogens with one attached hydrogen (secondary N) is 2. The number of amides is 2. The third kappa shape index (κ3) is 8.90. The molecule has 2 amide bonds. The van der Waals surface area contributed by atoms with Gasteiger partial charge < -0.3 is 15.5 Å². The minimum absolute atomic E-state index is 0.0420. The largest absolute Gasteiger partial charge is 0.355 e. The summed E-state index contributed by atoms with van der Waals surface area (Å²) in [4.78, 5) is 28.0. The Morgan fingerprint density at radius 1 is 0.789 bits per heavy atom. The zero-order chi connectivity index (χ0) is 27.4. The van der Waals surface area contributed by atoms with E-state index >= 15 is 0 Å². The molecule has 0 fully saturated rings. The van der Waals surface area contributed by atoms with Crippen LogP contribution in [0.1, 0.15) is 89.4 Å². The highest BCUT2D eigenvalue weighted by Gasteiger charge is 2.29. The molecule has 0 spiro atoms. The van der Waals surface area contributed by atoms with Crippen LogP contribution in [0.3, 0.4) is 0 Å². The zero-order valence-corrected chi connectivity index (χ0v) is 23.7. The fraction of sp³-hybridized carbons (Fsp3) is 0.455. The molecule has 5 heteroatoms. The van der Waals surface area contributed by atoms with E-state index in [0.717, 1.165) is 35.0 Å². The van der Waals surface area contributed by atoms with Crippen molar-refractivity contribution in [3.05, 3.63) is 72.3 Å². The van der Waals surface area contributed by atoms with Crippen LogP contribution in [0.4, 0.5) is 11.4 Å². The van der Waals surface area contributed by atoms with Gasteiger partial charge in [0.15, 0.2) is 0 Å². The quantitative estimate of drug-likeness (QED) is 0.213. The summed E-state index contributed by atoms with van der Waals surface area (Å²) >= 11 is 0. The number of fused-ring (bicyclic) bond motifs is 1. The average Bonchev–Trinajstić information content (AvgIpc) is 2.90. The molecule has 0 aliphatic heterocycles. The molecule has 38 heavy (non-hydrogen) atoms. The second kappa shape index (κ2) is 14.6. The van der Waals surface area contributed by atoms with E-state index in [1.54, 1.807) is 4.90 Å². The average molecular weight is 516 g/mol. The van der Waals surface area contributed by atoms with Gasteiger partial charge in [-0.1, -0.05) is 94.3 Å². The van der Waals surface area contributed by atoms with Gasteiger partial charge in [-0.25, -0.2) is 0 Å². The zero-order valence-electron chi connectivity index (χ0n) is 23.7. The lowest BCUT2D eigenvalue weighted by atomic mass is 10.0. The van der Waals surface area contributed by atoms with Gasteiger partial charge in [-0.3, -0.25) is 9.59 Å². The smallest absolute Gasteiger partial charge is 0.254 e. The first-order valence-corrected chi connectivity index (χ1v) is 14.2. The number of hydrogen-bond acceptors (Lipinski definition) is 3. The molecule has 0 unspecified atom stereocenters. The van der Waals surface area contributed by atoms with E-state index in [2.05, 4.69) is 35.8 Å². The van der Waals surface area contributed by atoms with Gasteiger partial charge in [-0.15, -0.1) is 0 Å². The lowest BCUT2D eigenvalue weighted by Gasteiger charge is -2.35. The fourth-order valence-corrected chi connectivity index (χ4v) is 4.68. The second-order valence-corrected chi connectivity index (χ2v) is 11.1. The summed E-state index contributed by atoms with van der Waals surface area (Å²) in [5, 5.41) is 8.76. The summed E-state index contributed by atoms with van der Waals surface area (Å²) in [6.45, 7) is 8.84. The number of unbranched alkanes of at least 4 members (excludes halogenated alkanes) is 7. The van der Waals surface area contributed by atoms with Crippen LogP contribution < -0.4 is 10.6 Å². The van der Waals surface area contributed by atoms with E-state index in [4.69, 9.17) is 0 Å². The monoisotopic (exact) mass is 515 g/mol. The maximum Gasteiger partial charge on any atom is 0.254 e. The van der Waals surface area contributed by atoms with Crippen molar-refractivity contribution in [1.29, 1.82) is 0 Å². The van der Waals surface area contributed by atoms with Crippen LogP contribution in [0.2, 0.25) is 0 Å². The number of benzene rings is 3. The first kappa shape index (κ1) is 29.2. The summed E-state index contributed by atoms with van der Waals surface area (Å²) in [6, 6.07) is 21.9. The molecule has 0 aromatic heterocycles. The van der Waals surface area contributed by atoms with Crippen LogP contribution in [0.15, 0.2) is 66.7 Å². The molecule has 0 aliphatic rings. The SMILES string of the molecule is CCCCCCCCCCNC(=O)CN(C(=O)c1cccc(Nc2cccc3ccccc23)c1)C(C)(C)C. The molecule has 204 valence electrons. The summed E-state index contributed by atoms with van der Waals surface area (Å²) in [6.07, 6.45) is 9.82. The Bertz CT molecular complexity index is 1180. The molecule has 3 aromatic rings. The molecule has 2 N–H and O–H groups in total. The van der Waals surface area contributed by atoms with E-state index in [9.17, 15) is 9.59 Å². The van der Waals surface area contributed by atoms with E-state index in [-0.39, 0.29) is 18.4 Å².